The molecule has 0 heterocycles. The van der Waals surface area contributed by atoms with Crippen molar-refractivity contribution in [3.8, 4) is 0 Å². The van der Waals surface area contributed by atoms with Gasteiger partial charge in [-0.25, -0.2) is 0 Å². The minimum Gasteiger partial charge on any atom is -0.358 e. The highest BCUT2D eigenvalue weighted by atomic mass is 35.5. The van der Waals surface area contributed by atoms with E-state index < -0.39 is 0 Å². The fourth-order valence-corrected chi connectivity index (χ4v) is 1.86. The van der Waals surface area contributed by atoms with Crippen LogP contribution in [0, 0.1) is 0 Å². The van der Waals surface area contributed by atoms with E-state index in [0.29, 0.717) is 10.8 Å². The van der Waals surface area contributed by atoms with Gasteiger partial charge in [0.05, 0.1) is 5.75 Å². The first kappa shape index (κ1) is 10.4. The molecule has 0 radical (unpaired) electrons. The number of thioether (sulfide) groups is 1. The van der Waals surface area contributed by atoms with Crippen LogP contribution in [0.3, 0.4) is 0 Å². The molecular formula is C9H10ClNOS. The van der Waals surface area contributed by atoms with Gasteiger partial charge in [0.25, 0.3) is 0 Å². The first-order valence-electron chi connectivity index (χ1n) is 3.81. The van der Waals surface area contributed by atoms with Gasteiger partial charge in [0.15, 0.2) is 0 Å². The monoisotopic (exact) mass is 215 g/mol. The lowest BCUT2D eigenvalue weighted by molar-refractivity contribution is -0.118. The van der Waals surface area contributed by atoms with Crippen molar-refractivity contribution < 1.29 is 4.79 Å². The van der Waals surface area contributed by atoms with Crippen LogP contribution in [-0.2, 0) is 4.79 Å². The standard InChI is InChI=1S/C9H10ClNOS/c1-11-9(12)6-13-8-4-2-3-7(10)5-8/h2-5H,6H2,1H3,(H,11,12). The molecule has 0 saturated carbocycles. The molecule has 4 heteroatoms. The number of nitrogens with one attached hydrogen (secondary N) is 1. The van der Waals surface area contributed by atoms with Crippen molar-refractivity contribution in [2.24, 2.45) is 0 Å². The van der Waals surface area contributed by atoms with Crippen molar-refractivity contribution in [2.45, 2.75) is 4.90 Å². The zero-order chi connectivity index (χ0) is 9.68. The van der Waals surface area contributed by atoms with Gasteiger partial charge in [-0.3, -0.25) is 4.79 Å². The smallest absolute Gasteiger partial charge is 0.230 e. The van der Waals surface area contributed by atoms with E-state index in [1.54, 1.807) is 7.05 Å². The van der Waals surface area contributed by atoms with Crippen LogP contribution in [0.1, 0.15) is 0 Å². The van der Waals surface area contributed by atoms with E-state index in [2.05, 4.69) is 5.32 Å². The van der Waals surface area contributed by atoms with Crippen molar-refractivity contribution in [2.75, 3.05) is 12.8 Å². The lowest BCUT2D eigenvalue weighted by Crippen LogP contribution is -2.19. The molecule has 0 aliphatic rings. The maximum absolute atomic E-state index is 10.9. The average Bonchev–Trinajstić information content (AvgIpc) is 2.14. The zero-order valence-electron chi connectivity index (χ0n) is 7.21. The Hall–Kier alpha value is -0.670. The summed E-state index contributed by atoms with van der Waals surface area (Å²) in [7, 11) is 1.63. The molecule has 1 rings (SSSR count). The average molecular weight is 216 g/mol. The Morgan fingerprint density at radius 3 is 3.00 bits per heavy atom. The van der Waals surface area contributed by atoms with E-state index in [-0.39, 0.29) is 5.91 Å². The van der Waals surface area contributed by atoms with Gasteiger partial charge in [-0.2, -0.15) is 0 Å². The lowest BCUT2D eigenvalue weighted by Gasteiger charge is -2.00. The van der Waals surface area contributed by atoms with E-state index in [0.717, 1.165) is 4.90 Å². The largest absolute Gasteiger partial charge is 0.358 e. The van der Waals surface area contributed by atoms with Gasteiger partial charge in [0, 0.05) is 17.0 Å². The van der Waals surface area contributed by atoms with E-state index in [1.165, 1.54) is 11.8 Å². The molecular weight excluding hydrogens is 206 g/mol. The molecule has 0 unspecified atom stereocenters. The molecule has 0 aromatic heterocycles. The number of amides is 1. The van der Waals surface area contributed by atoms with Gasteiger partial charge in [0.1, 0.15) is 0 Å². The molecule has 1 N–H and O–H groups in total. The van der Waals surface area contributed by atoms with Gasteiger partial charge >= 0.3 is 0 Å². The summed E-state index contributed by atoms with van der Waals surface area (Å²) in [6.45, 7) is 0. The maximum Gasteiger partial charge on any atom is 0.230 e. The SMILES string of the molecule is CNC(=O)CSc1cccc(Cl)c1. The number of carbonyl (C=O) groups excluding carboxylic acids is 1. The summed E-state index contributed by atoms with van der Waals surface area (Å²) in [5, 5.41) is 3.25. The number of hydrogen-bond donors (Lipinski definition) is 1. The summed E-state index contributed by atoms with van der Waals surface area (Å²) in [5.41, 5.74) is 0. The Labute approximate surface area is 86.7 Å². The minimum absolute atomic E-state index is 0.0185. The maximum atomic E-state index is 10.9. The highest BCUT2D eigenvalue weighted by Gasteiger charge is 1.99. The second-order valence-electron chi connectivity index (χ2n) is 2.42. The molecule has 0 aliphatic heterocycles. The predicted molar refractivity (Wildman–Crippen MR) is 56.2 cm³/mol. The van der Waals surface area contributed by atoms with Crippen LogP contribution in [0.2, 0.25) is 5.02 Å². The second-order valence-corrected chi connectivity index (χ2v) is 3.90. The van der Waals surface area contributed by atoms with Crippen LogP contribution in [0.25, 0.3) is 0 Å². The van der Waals surface area contributed by atoms with Crippen molar-refractivity contribution in [3.63, 3.8) is 0 Å². The second kappa shape index (κ2) is 5.14. The number of halogens is 1. The van der Waals surface area contributed by atoms with Gasteiger partial charge in [-0.1, -0.05) is 17.7 Å². The first-order chi connectivity index (χ1) is 6.22. The molecule has 13 heavy (non-hydrogen) atoms. The molecule has 0 atom stereocenters. The number of rotatable bonds is 3. The quantitative estimate of drug-likeness (QED) is 0.784. The number of carbonyl (C=O) groups is 1. The Morgan fingerprint density at radius 1 is 1.62 bits per heavy atom. The Bertz CT molecular complexity index is 303. The van der Waals surface area contributed by atoms with Crippen LogP contribution < -0.4 is 5.32 Å². The van der Waals surface area contributed by atoms with Crippen molar-refractivity contribution in [1.29, 1.82) is 0 Å². The first-order valence-corrected chi connectivity index (χ1v) is 5.17. The summed E-state index contributed by atoms with van der Waals surface area (Å²) in [4.78, 5) is 11.9. The van der Waals surface area contributed by atoms with Crippen LogP contribution in [0.15, 0.2) is 29.2 Å². The molecule has 0 bridgehead atoms. The summed E-state index contributed by atoms with van der Waals surface area (Å²) >= 11 is 7.25. The van der Waals surface area contributed by atoms with Gasteiger partial charge in [-0.15, -0.1) is 11.8 Å². The minimum atomic E-state index is 0.0185. The topological polar surface area (TPSA) is 29.1 Å². The molecule has 2 nitrogen and oxygen atoms in total. The van der Waals surface area contributed by atoms with E-state index in [1.807, 2.05) is 24.3 Å². The van der Waals surface area contributed by atoms with Crippen LogP contribution in [0.4, 0.5) is 0 Å². The Kier molecular flexibility index (Phi) is 4.12. The van der Waals surface area contributed by atoms with Gasteiger partial charge in [-0.05, 0) is 18.2 Å². The third-order valence-electron chi connectivity index (χ3n) is 1.44. The molecule has 1 amide bonds. The molecule has 1 aromatic rings. The lowest BCUT2D eigenvalue weighted by atomic mass is 10.4. The van der Waals surface area contributed by atoms with Crippen molar-refractivity contribution in [3.05, 3.63) is 29.3 Å². The molecule has 0 aliphatic carbocycles. The van der Waals surface area contributed by atoms with Crippen LogP contribution in [-0.4, -0.2) is 18.7 Å². The highest BCUT2D eigenvalue weighted by molar-refractivity contribution is 8.00. The number of hydrogen-bond acceptors (Lipinski definition) is 2. The number of benzene rings is 1. The fourth-order valence-electron chi connectivity index (χ4n) is 0.778. The van der Waals surface area contributed by atoms with Crippen molar-refractivity contribution >= 4 is 29.3 Å². The molecule has 0 spiro atoms. The summed E-state index contributed by atoms with van der Waals surface area (Å²) in [6, 6.07) is 7.45. The normalized spacial score (nSPS) is 9.69. The van der Waals surface area contributed by atoms with E-state index in [4.69, 9.17) is 11.6 Å². The molecule has 0 fully saturated rings. The Morgan fingerprint density at radius 2 is 2.38 bits per heavy atom. The van der Waals surface area contributed by atoms with Crippen LogP contribution in [0.5, 0.6) is 0 Å². The van der Waals surface area contributed by atoms with E-state index >= 15 is 0 Å². The predicted octanol–water partition coefficient (Wildman–Crippen LogP) is 2.18. The Balaban J connectivity index is 2.50. The fraction of sp³-hybridized carbons (Fsp3) is 0.222. The molecule has 0 saturated heterocycles. The zero-order valence-corrected chi connectivity index (χ0v) is 8.78. The summed E-state index contributed by atoms with van der Waals surface area (Å²) in [5.74, 6) is 0.446. The van der Waals surface area contributed by atoms with E-state index in [9.17, 15) is 4.79 Å². The van der Waals surface area contributed by atoms with Crippen LogP contribution >= 0.6 is 23.4 Å². The van der Waals surface area contributed by atoms with Gasteiger partial charge in [0.2, 0.25) is 5.91 Å². The summed E-state index contributed by atoms with van der Waals surface area (Å²) in [6.07, 6.45) is 0. The van der Waals surface area contributed by atoms with Gasteiger partial charge < -0.3 is 5.32 Å². The summed E-state index contributed by atoms with van der Waals surface area (Å²) < 4.78 is 0. The van der Waals surface area contributed by atoms with Crippen molar-refractivity contribution in [1.82, 2.24) is 5.32 Å². The molecule has 70 valence electrons. The third kappa shape index (κ3) is 3.70. The molecule has 1 aromatic carbocycles. The highest BCUT2D eigenvalue weighted by Crippen LogP contribution is 2.20. The third-order valence-corrected chi connectivity index (χ3v) is 2.67.